The van der Waals surface area contributed by atoms with E-state index < -0.39 is 0 Å². The second-order valence-electron chi connectivity index (χ2n) is 5.87. The Labute approximate surface area is 121 Å². The Morgan fingerprint density at radius 1 is 1.05 bits per heavy atom. The number of nitrogens with two attached hydrogens (primary N) is 1. The van der Waals surface area contributed by atoms with Gasteiger partial charge in [0.25, 0.3) is 0 Å². The minimum absolute atomic E-state index is 0.847. The summed E-state index contributed by atoms with van der Waals surface area (Å²) in [6.07, 6.45) is 3.79. The maximum atomic E-state index is 6.09. The zero-order chi connectivity index (χ0) is 14.1. The third-order valence-electron chi connectivity index (χ3n) is 4.18. The predicted molar refractivity (Wildman–Crippen MR) is 86.2 cm³/mol. The van der Waals surface area contributed by atoms with Crippen LogP contribution >= 0.6 is 0 Å². The summed E-state index contributed by atoms with van der Waals surface area (Å²) < 4.78 is 0. The van der Waals surface area contributed by atoms with Crippen molar-refractivity contribution in [2.75, 3.05) is 17.7 Å². The molecular weight excluding hydrogens is 244 g/mol. The topological polar surface area (TPSA) is 29.3 Å². The number of aryl methyl sites for hydroxylation is 3. The van der Waals surface area contributed by atoms with Crippen LogP contribution in [-0.2, 0) is 19.4 Å². The second-order valence-corrected chi connectivity index (χ2v) is 5.87. The molecule has 2 nitrogen and oxygen atoms in total. The minimum atomic E-state index is 0.847. The fourth-order valence-corrected chi connectivity index (χ4v) is 3.07. The summed E-state index contributed by atoms with van der Waals surface area (Å²) in [6, 6.07) is 13.1. The molecule has 0 bridgehead atoms. The Hall–Kier alpha value is -1.96. The van der Waals surface area contributed by atoms with Gasteiger partial charge in [0.1, 0.15) is 0 Å². The first-order chi connectivity index (χ1) is 9.63. The molecule has 0 radical (unpaired) electrons. The average molecular weight is 266 g/mol. The van der Waals surface area contributed by atoms with Crippen LogP contribution in [0.3, 0.4) is 0 Å². The molecule has 0 aliphatic heterocycles. The first kappa shape index (κ1) is 13.0. The predicted octanol–water partition coefficient (Wildman–Crippen LogP) is 3.70. The molecule has 0 saturated heterocycles. The third-order valence-corrected chi connectivity index (χ3v) is 4.18. The molecule has 1 aliphatic carbocycles. The number of fused-ring (bicyclic) bond motifs is 1. The molecule has 0 aromatic heterocycles. The van der Waals surface area contributed by atoms with Crippen molar-refractivity contribution in [3.8, 4) is 0 Å². The molecular formula is C18H22N2. The molecule has 1 aliphatic rings. The number of anilines is 2. The molecule has 0 fully saturated rings. The molecule has 0 heterocycles. The van der Waals surface area contributed by atoms with E-state index in [1.54, 1.807) is 0 Å². The van der Waals surface area contributed by atoms with Crippen molar-refractivity contribution >= 4 is 11.4 Å². The highest BCUT2D eigenvalue weighted by atomic mass is 15.1. The summed E-state index contributed by atoms with van der Waals surface area (Å²) >= 11 is 0. The van der Waals surface area contributed by atoms with Gasteiger partial charge in [-0.05, 0) is 60.6 Å². The monoisotopic (exact) mass is 266 g/mol. The molecule has 0 unspecified atom stereocenters. The molecule has 2 N–H and O–H groups in total. The first-order valence-electron chi connectivity index (χ1n) is 7.31. The molecule has 2 aromatic carbocycles. The highest BCUT2D eigenvalue weighted by molar-refractivity contribution is 5.68. The Morgan fingerprint density at radius 2 is 1.85 bits per heavy atom. The van der Waals surface area contributed by atoms with E-state index in [1.807, 2.05) is 6.07 Å². The van der Waals surface area contributed by atoms with E-state index in [1.165, 1.54) is 41.5 Å². The van der Waals surface area contributed by atoms with Crippen LogP contribution in [0.15, 0.2) is 36.4 Å². The number of rotatable bonds is 3. The van der Waals surface area contributed by atoms with Crippen LogP contribution in [0.4, 0.5) is 11.4 Å². The van der Waals surface area contributed by atoms with E-state index in [4.69, 9.17) is 5.73 Å². The van der Waals surface area contributed by atoms with Gasteiger partial charge in [-0.15, -0.1) is 0 Å². The summed E-state index contributed by atoms with van der Waals surface area (Å²) in [4.78, 5) is 2.24. The number of hydrogen-bond acceptors (Lipinski definition) is 2. The summed E-state index contributed by atoms with van der Waals surface area (Å²) in [7, 11) is 2.11. The van der Waals surface area contributed by atoms with Crippen molar-refractivity contribution < 1.29 is 0 Å². The number of nitrogen functional groups attached to an aromatic ring is 1. The van der Waals surface area contributed by atoms with E-state index in [0.29, 0.717) is 0 Å². The summed E-state index contributed by atoms with van der Waals surface area (Å²) in [5.74, 6) is 0. The zero-order valence-corrected chi connectivity index (χ0v) is 12.3. The number of nitrogens with zero attached hydrogens (tertiary/aromatic N) is 1. The molecule has 2 heteroatoms. The highest BCUT2D eigenvalue weighted by Gasteiger charge is 2.12. The quantitative estimate of drug-likeness (QED) is 0.858. The van der Waals surface area contributed by atoms with Crippen molar-refractivity contribution in [2.24, 2.45) is 0 Å². The molecule has 0 saturated carbocycles. The summed E-state index contributed by atoms with van der Waals surface area (Å²) in [5, 5.41) is 0. The van der Waals surface area contributed by atoms with Crippen molar-refractivity contribution in [1.29, 1.82) is 0 Å². The average Bonchev–Trinajstić information content (AvgIpc) is 2.89. The van der Waals surface area contributed by atoms with Crippen LogP contribution in [-0.4, -0.2) is 7.05 Å². The molecule has 0 atom stereocenters. The van der Waals surface area contributed by atoms with Gasteiger partial charge in [0.2, 0.25) is 0 Å². The SMILES string of the molecule is Cc1ccc(N)c(N(C)Cc2ccc3c(c2)CCC3)c1. The second kappa shape index (κ2) is 5.20. The van der Waals surface area contributed by atoms with Gasteiger partial charge in [-0.2, -0.15) is 0 Å². The number of benzene rings is 2. The minimum Gasteiger partial charge on any atom is -0.397 e. The van der Waals surface area contributed by atoms with Crippen LogP contribution in [0.1, 0.15) is 28.7 Å². The summed E-state index contributed by atoms with van der Waals surface area (Å²) in [5.41, 5.74) is 13.7. The van der Waals surface area contributed by atoms with Crippen molar-refractivity contribution in [1.82, 2.24) is 0 Å². The lowest BCUT2D eigenvalue weighted by molar-refractivity contribution is 0.907. The smallest absolute Gasteiger partial charge is 0.0603 e. The van der Waals surface area contributed by atoms with Gasteiger partial charge in [-0.25, -0.2) is 0 Å². The van der Waals surface area contributed by atoms with Crippen LogP contribution in [0.5, 0.6) is 0 Å². The Bertz CT molecular complexity index is 631. The van der Waals surface area contributed by atoms with E-state index >= 15 is 0 Å². The molecule has 0 spiro atoms. The zero-order valence-electron chi connectivity index (χ0n) is 12.3. The van der Waals surface area contributed by atoms with Crippen LogP contribution in [0.25, 0.3) is 0 Å². The Morgan fingerprint density at radius 3 is 2.70 bits per heavy atom. The maximum absolute atomic E-state index is 6.09. The van der Waals surface area contributed by atoms with E-state index in [0.717, 1.165) is 17.9 Å². The normalized spacial score (nSPS) is 13.3. The van der Waals surface area contributed by atoms with E-state index in [2.05, 4.69) is 49.2 Å². The van der Waals surface area contributed by atoms with Gasteiger partial charge in [-0.1, -0.05) is 24.3 Å². The maximum Gasteiger partial charge on any atom is 0.0603 e. The van der Waals surface area contributed by atoms with E-state index in [-0.39, 0.29) is 0 Å². The van der Waals surface area contributed by atoms with Gasteiger partial charge in [0.15, 0.2) is 0 Å². The lowest BCUT2D eigenvalue weighted by Gasteiger charge is -2.22. The van der Waals surface area contributed by atoms with Crippen molar-refractivity contribution in [3.63, 3.8) is 0 Å². The largest absolute Gasteiger partial charge is 0.397 e. The standard InChI is InChI=1S/C18H22N2/c1-13-6-9-17(19)18(10-13)20(2)12-14-7-8-15-4-3-5-16(15)11-14/h6-11H,3-5,12,19H2,1-2H3. The molecule has 0 amide bonds. The van der Waals surface area contributed by atoms with Gasteiger partial charge in [0.05, 0.1) is 11.4 Å². The van der Waals surface area contributed by atoms with Gasteiger partial charge < -0.3 is 10.6 Å². The lowest BCUT2D eigenvalue weighted by atomic mass is 10.1. The lowest BCUT2D eigenvalue weighted by Crippen LogP contribution is -2.18. The molecule has 3 rings (SSSR count). The van der Waals surface area contributed by atoms with Crippen molar-refractivity contribution in [2.45, 2.75) is 32.7 Å². The molecule has 20 heavy (non-hydrogen) atoms. The van der Waals surface area contributed by atoms with Crippen LogP contribution in [0, 0.1) is 6.92 Å². The van der Waals surface area contributed by atoms with Crippen LogP contribution < -0.4 is 10.6 Å². The van der Waals surface area contributed by atoms with Gasteiger partial charge >= 0.3 is 0 Å². The summed E-state index contributed by atoms with van der Waals surface area (Å²) in [6.45, 7) is 3.01. The van der Waals surface area contributed by atoms with Gasteiger partial charge in [0, 0.05) is 13.6 Å². The molecule has 2 aromatic rings. The molecule has 104 valence electrons. The number of hydrogen-bond donors (Lipinski definition) is 1. The fourth-order valence-electron chi connectivity index (χ4n) is 3.07. The van der Waals surface area contributed by atoms with Crippen molar-refractivity contribution in [3.05, 3.63) is 58.7 Å². The van der Waals surface area contributed by atoms with Gasteiger partial charge in [-0.3, -0.25) is 0 Å². The highest BCUT2D eigenvalue weighted by Crippen LogP contribution is 2.27. The Kier molecular flexibility index (Phi) is 3.39. The third kappa shape index (κ3) is 2.51. The fraction of sp³-hybridized carbons (Fsp3) is 0.333. The first-order valence-corrected chi connectivity index (χ1v) is 7.31. The van der Waals surface area contributed by atoms with Crippen LogP contribution in [0.2, 0.25) is 0 Å². The Balaban J connectivity index is 1.82. The van der Waals surface area contributed by atoms with E-state index in [9.17, 15) is 0 Å².